The molecule has 1 aliphatic rings. The highest BCUT2D eigenvalue weighted by atomic mass is 16.5. The smallest absolute Gasteiger partial charge is 0.250 e. The predicted octanol–water partition coefficient (Wildman–Crippen LogP) is 2.83. The average Bonchev–Trinajstić information content (AvgIpc) is 2.72. The van der Waals surface area contributed by atoms with Crippen LogP contribution in [0.25, 0.3) is 0 Å². The van der Waals surface area contributed by atoms with Crippen LogP contribution in [-0.4, -0.2) is 43.2 Å². The van der Waals surface area contributed by atoms with Crippen molar-refractivity contribution in [1.29, 1.82) is 0 Å². The van der Waals surface area contributed by atoms with Gasteiger partial charge in [0.05, 0.1) is 6.61 Å². The lowest BCUT2D eigenvalue weighted by Crippen LogP contribution is -2.50. The SMILES string of the molecule is CC(C)c1ccc(C(N)CNC(=O)C2CN(Cc3ccccc3)CCO2)cc1. The van der Waals surface area contributed by atoms with Gasteiger partial charge in [-0.1, -0.05) is 68.4 Å². The number of benzene rings is 2. The molecule has 2 aromatic carbocycles. The first-order valence-electron chi connectivity index (χ1n) is 10.0. The van der Waals surface area contributed by atoms with Crippen LogP contribution in [0, 0.1) is 0 Å². The second-order valence-corrected chi connectivity index (χ2v) is 7.75. The first kappa shape index (κ1) is 20.5. The topological polar surface area (TPSA) is 67.6 Å². The summed E-state index contributed by atoms with van der Waals surface area (Å²) in [4.78, 5) is 14.8. The van der Waals surface area contributed by atoms with Gasteiger partial charge in [0.15, 0.2) is 0 Å². The van der Waals surface area contributed by atoms with Crippen molar-refractivity contribution in [3.63, 3.8) is 0 Å². The van der Waals surface area contributed by atoms with Crippen LogP contribution < -0.4 is 11.1 Å². The summed E-state index contributed by atoms with van der Waals surface area (Å²) in [7, 11) is 0. The Morgan fingerprint density at radius 1 is 1.14 bits per heavy atom. The molecule has 1 heterocycles. The molecule has 3 rings (SSSR count). The Morgan fingerprint density at radius 3 is 2.50 bits per heavy atom. The van der Waals surface area contributed by atoms with E-state index >= 15 is 0 Å². The van der Waals surface area contributed by atoms with E-state index in [4.69, 9.17) is 10.5 Å². The number of rotatable bonds is 7. The Kier molecular flexibility index (Phi) is 7.20. The van der Waals surface area contributed by atoms with Crippen LogP contribution >= 0.6 is 0 Å². The standard InChI is InChI=1S/C23H31N3O2/c1-17(2)19-8-10-20(11-9-19)21(24)14-25-23(27)22-16-26(12-13-28-22)15-18-6-4-3-5-7-18/h3-11,17,21-22H,12-16,24H2,1-2H3,(H,25,27). The third-order valence-electron chi connectivity index (χ3n) is 5.22. The number of ether oxygens (including phenoxy) is 1. The van der Waals surface area contributed by atoms with Gasteiger partial charge in [0.25, 0.3) is 5.91 Å². The van der Waals surface area contributed by atoms with E-state index in [1.54, 1.807) is 0 Å². The monoisotopic (exact) mass is 381 g/mol. The quantitative estimate of drug-likeness (QED) is 0.774. The van der Waals surface area contributed by atoms with Gasteiger partial charge in [-0.2, -0.15) is 0 Å². The van der Waals surface area contributed by atoms with Crippen molar-refractivity contribution in [2.24, 2.45) is 5.73 Å². The van der Waals surface area contributed by atoms with Gasteiger partial charge in [-0.15, -0.1) is 0 Å². The van der Waals surface area contributed by atoms with Crippen LogP contribution in [0.3, 0.4) is 0 Å². The fourth-order valence-electron chi connectivity index (χ4n) is 3.42. The molecular weight excluding hydrogens is 350 g/mol. The van der Waals surface area contributed by atoms with E-state index in [2.05, 4.69) is 48.3 Å². The van der Waals surface area contributed by atoms with Gasteiger partial charge >= 0.3 is 0 Å². The number of carbonyl (C=O) groups excluding carboxylic acids is 1. The maximum Gasteiger partial charge on any atom is 0.250 e. The predicted molar refractivity (Wildman–Crippen MR) is 112 cm³/mol. The number of carbonyl (C=O) groups is 1. The first-order valence-corrected chi connectivity index (χ1v) is 10.0. The molecule has 0 radical (unpaired) electrons. The normalized spacial score (nSPS) is 18.8. The highest BCUT2D eigenvalue weighted by Gasteiger charge is 2.26. The lowest BCUT2D eigenvalue weighted by atomic mass is 9.99. The van der Waals surface area contributed by atoms with Crippen LogP contribution in [0.1, 0.15) is 42.5 Å². The molecule has 0 bridgehead atoms. The van der Waals surface area contributed by atoms with Crippen molar-refractivity contribution >= 4 is 5.91 Å². The van der Waals surface area contributed by atoms with Gasteiger partial charge in [0.1, 0.15) is 6.10 Å². The third kappa shape index (κ3) is 5.64. The number of hydrogen-bond acceptors (Lipinski definition) is 4. The van der Waals surface area contributed by atoms with Crippen molar-refractivity contribution in [1.82, 2.24) is 10.2 Å². The minimum absolute atomic E-state index is 0.0907. The van der Waals surface area contributed by atoms with E-state index in [9.17, 15) is 4.79 Å². The summed E-state index contributed by atoms with van der Waals surface area (Å²) in [6, 6.07) is 18.4. The van der Waals surface area contributed by atoms with Gasteiger partial charge in [-0.25, -0.2) is 0 Å². The molecule has 2 atom stereocenters. The summed E-state index contributed by atoms with van der Waals surface area (Å²) in [5.74, 6) is 0.402. The zero-order valence-corrected chi connectivity index (χ0v) is 16.8. The fraction of sp³-hybridized carbons (Fsp3) is 0.435. The Balaban J connectivity index is 1.48. The van der Waals surface area contributed by atoms with E-state index < -0.39 is 6.10 Å². The Labute approximate surface area is 167 Å². The van der Waals surface area contributed by atoms with Crippen LogP contribution in [0.15, 0.2) is 54.6 Å². The number of nitrogens with one attached hydrogen (secondary N) is 1. The van der Waals surface area contributed by atoms with Crippen molar-refractivity contribution < 1.29 is 9.53 Å². The zero-order chi connectivity index (χ0) is 19.9. The summed E-state index contributed by atoms with van der Waals surface area (Å²) in [6.45, 7) is 7.56. The number of morpholine rings is 1. The Morgan fingerprint density at radius 2 is 1.82 bits per heavy atom. The zero-order valence-electron chi connectivity index (χ0n) is 16.8. The van der Waals surface area contributed by atoms with Gasteiger partial charge < -0.3 is 15.8 Å². The molecule has 2 aromatic rings. The summed E-state index contributed by atoms with van der Waals surface area (Å²) in [6.07, 6.45) is -0.451. The molecule has 5 heteroatoms. The van der Waals surface area contributed by atoms with Gasteiger partial charge in [-0.3, -0.25) is 9.69 Å². The fourth-order valence-corrected chi connectivity index (χ4v) is 3.42. The molecule has 1 aliphatic heterocycles. The summed E-state index contributed by atoms with van der Waals surface area (Å²) >= 11 is 0. The van der Waals surface area contributed by atoms with Gasteiger partial charge in [0.2, 0.25) is 0 Å². The van der Waals surface area contributed by atoms with Crippen molar-refractivity contribution in [2.45, 2.75) is 38.5 Å². The molecule has 2 unspecified atom stereocenters. The number of nitrogens with zero attached hydrogens (tertiary/aromatic N) is 1. The van der Waals surface area contributed by atoms with Crippen LogP contribution in [0.4, 0.5) is 0 Å². The number of nitrogens with two attached hydrogens (primary N) is 1. The van der Waals surface area contributed by atoms with Crippen molar-refractivity contribution in [3.05, 3.63) is 71.3 Å². The molecule has 5 nitrogen and oxygen atoms in total. The molecule has 1 fully saturated rings. The summed E-state index contributed by atoms with van der Waals surface area (Å²) < 4.78 is 5.69. The molecule has 1 amide bonds. The molecule has 0 spiro atoms. The van der Waals surface area contributed by atoms with E-state index in [1.807, 2.05) is 30.3 Å². The molecule has 3 N–H and O–H groups in total. The van der Waals surface area contributed by atoms with Gasteiger partial charge in [0, 0.05) is 32.2 Å². The third-order valence-corrected chi connectivity index (χ3v) is 5.22. The molecule has 1 saturated heterocycles. The second kappa shape index (κ2) is 9.82. The Bertz CT molecular complexity index is 746. The van der Waals surface area contributed by atoms with Crippen LogP contribution in [0.5, 0.6) is 0 Å². The second-order valence-electron chi connectivity index (χ2n) is 7.75. The summed E-state index contributed by atoms with van der Waals surface area (Å²) in [5.41, 5.74) is 9.82. The average molecular weight is 382 g/mol. The van der Waals surface area contributed by atoms with Gasteiger partial charge in [-0.05, 0) is 22.6 Å². The largest absolute Gasteiger partial charge is 0.366 e. The maximum absolute atomic E-state index is 12.6. The van der Waals surface area contributed by atoms with E-state index in [0.29, 0.717) is 25.6 Å². The number of hydrogen-bond donors (Lipinski definition) is 2. The summed E-state index contributed by atoms with van der Waals surface area (Å²) in [5, 5.41) is 2.96. The van der Waals surface area contributed by atoms with Crippen molar-refractivity contribution in [3.8, 4) is 0 Å². The van der Waals surface area contributed by atoms with Crippen LogP contribution in [0.2, 0.25) is 0 Å². The molecule has 28 heavy (non-hydrogen) atoms. The molecule has 150 valence electrons. The minimum atomic E-state index is -0.451. The lowest BCUT2D eigenvalue weighted by Gasteiger charge is -2.32. The molecular formula is C23H31N3O2. The van der Waals surface area contributed by atoms with E-state index in [1.165, 1.54) is 11.1 Å². The van der Waals surface area contributed by atoms with E-state index in [-0.39, 0.29) is 11.9 Å². The number of amides is 1. The Hall–Kier alpha value is -2.21. The lowest BCUT2D eigenvalue weighted by molar-refractivity contribution is -0.138. The minimum Gasteiger partial charge on any atom is -0.366 e. The van der Waals surface area contributed by atoms with Crippen LogP contribution in [-0.2, 0) is 16.1 Å². The maximum atomic E-state index is 12.6. The molecule has 0 saturated carbocycles. The molecule has 0 aliphatic carbocycles. The highest BCUT2D eigenvalue weighted by Crippen LogP contribution is 2.17. The first-order chi connectivity index (χ1) is 13.5. The van der Waals surface area contributed by atoms with Crippen molar-refractivity contribution in [2.75, 3.05) is 26.2 Å². The van der Waals surface area contributed by atoms with E-state index in [0.717, 1.165) is 18.7 Å². The highest BCUT2D eigenvalue weighted by molar-refractivity contribution is 5.81. The molecule has 0 aromatic heterocycles.